The van der Waals surface area contributed by atoms with Gasteiger partial charge in [-0.25, -0.2) is 10.2 Å². The van der Waals surface area contributed by atoms with Gasteiger partial charge in [0.05, 0.1) is 22.5 Å². The predicted octanol–water partition coefficient (Wildman–Crippen LogP) is 5.06. The van der Waals surface area contributed by atoms with Crippen LogP contribution in [0.15, 0.2) is 76.3 Å². The third kappa shape index (κ3) is 6.40. The number of rotatable bonds is 5. The van der Waals surface area contributed by atoms with Gasteiger partial charge in [0, 0.05) is 9.50 Å². The molecule has 7 nitrogen and oxygen atoms in total. The molecule has 3 aromatic rings. The first-order valence-electron chi connectivity index (χ1n) is 8.99. The molecule has 0 bridgehead atoms. The Bertz CT molecular complexity index is 1200. The lowest BCUT2D eigenvalue weighted by molar-refractivity contribution is -0.136. The maximum Gasteiger partial charge on any atom is 0.344 e. The van der Waals surface area contributed by atoms with Gasteiger partial charge < -0.3 is 10.1 Å². The summed E-state index contributed by atoms with van der Waals surface area (Å²) in [4.78, 5) is 36.1. The molecule has 0 spiro atoms. The highest BCUT2D eigenvalue weighted by Crippen LogP contribution is 2.25. The van der Waals surface area contributed by atoms with Crippen LogP contribution in [0.3, 0.4) is 0 Å². The Hall–Kier alpha value is -3.20. The molecule has 0 atom stereocenters. The first kappa shape index (κ1) is 23.5. The van der Waals surface area contributed by atoms with Crippen molar-refractivity contribution in [2.75, 3.05) is 5.32 Å². The summed E-state index contributed by atoms with van der Waals surface area (Å²) in [5.41, 5.74) is 3.32. The number of nitrogens with zero attached hydrogens (tertiary/aromatic N) is 1. The van der Waals surface area contributed by atoms with Crippen LogP contribution in [0.25, 0.3) is 0 Å². The summed E-state index contributed by atoms with van der Waals surface area (Å²) in [5, 5.41) is 6.68. The molecule has 0 radical (unpaired) electrons. The highest BCUT2D eigenvalue weighted by molar-refractivity contribution is 9.10. The van der Waals surface area contributed by atoms with E-state index in [1.807, 2.05) is 0 Å². The maximum atomic E-state index is 12.2. The van der Waals surface area contributed by atoms with E-state index >= 15 is 0 Å². The van der Waals surface area contributed by atoms with Crippen LogP contribution in [-0.4, -0.2) is 24.0 Å². The van der Waals surface area contributed by atoms with Crippen LogP contribution in [-0.2, 0) is 9.59 Å². The number of benzene rings is 3. The summed E-state index contributed by atoms with van der Waals surface area (Å²) in [6, 6.07) is 17.8. The van der Waals surface area contributed by atoms with Gasteiger partial charge in [-0.1, -0.05) is 35.3 Å². The minimum Gasteiger partial charge on any atom is -0.423 e. The number of esters is 1. The minimum absolute atomic E-state index is 0.205. The molecule has 0 aliphatic carbocycles. The number of anilines is 1. The Kier molecular flexibility index (Phi) is 7.99. The van der Waals surface area contributed by atoms with E-state index in [4.69, 9.17) is 27.9 Å². The first-order chi connectivity index (χ1) is 15.3. The zero-order valence-corrected chi connectivity index (χ0v) is 19.2. The van der Waals surface area contributed by atoms with Gasteiger partial charge >= 0.3 is 17.8 Å². The average molecular weight is 535 g/mol. The van der Waals surface area contributed by atoms with E-state index in [0.717, 1.165) is 0 Å². The Morgan fingerprint density at radius 3 is 2.38 bits per heavy atom. The molecule has 32 heavy (non-hydrogen) atoms. The standard InChI is InChI=1S/C22H14BrCl2N3O4/c23-17-4-2-1-3-16(17)22(31)32-15-8-5-13(6-9-15)12-26-28-21(30)20(29)27-19-11-14(24)7-10-18(19)25/h1-12H,(H,27,29)(H,28,30)/b26-12+. The van der Waals surface area contributed by atoms with Gasteiger partial charge in [0.15, 0.2) is 0 Å². The number of hydrazone groups is 1. The molecule has 10 heteroatoms. The molecule has 2 N–H and O–H groups in total. The molecule has 0 unspecified atom stereocenters. The topological polar surface area (TPSA) is 96.9 Å². The predicted molar refractivity (Wildman–Crippen MR) is 126 cm³/mol. The number of halogens is 3. The second-order valence-electron chi connectivity index (χ2n) is 6.22. The number of carbonyl (C=O) groups is 3. The fourth-order valence-electron chi connectivity index (χ4n) is 2.40. The summed E-state index contributed by atoms with van der Waals surface area (Å²) >= 11 is 15.1. The van der Waals surface area contributed by atoms with Crippen molar-refractivity contribution in [2.45, 2.75) is 0 Å². The Labute approximate surface area is 201 Å². The Balaban J connectivity index is 1.53. The molecule has 0 aliphatic heterocycles. The number of carbonyl (C=O) groups excluding carboxylic acids is 3. The number of ether oxygens (including phenoxy) is 1. The molecule has 2 amide bonds. The molecule has 162 valence electrons. The molecule has 0 fully saturated rings. The van der Waals surface area contributed by atoms with E-state index < -0.39 is 17.8 Å². The van der Waals surface area contributed by atoms with E-state index in [1.54, 1.807) is 54.6 Å². The van der Waals surface area contributed by atoms with Crippen LogP contribution < -0.4 is 15.5 Å². The van der Waals surface area contributed by atoms with Gasteiger partial charge in [0.1, 0.15) is 5.75 Å². The van der Waals surface area contributed by atoms with Crippen molar-refractivity contribution in [3.63, 3.8) is 0 Å². The fraction of sp³-hybridized carbons (Fsp3) is 0. The van der Waals surface area contributed by atoms with E-state index in [1.165, 1.54) is 18.3 Å². The van der Waals surface area contributed by atoms with Crippen LogP contribution in [0, 0.1) is 0 Å². The fourth-order valence-corrected chi connectivity index (χ4v) is 3.18. The Morgan fingerprint density at radius 2 is 1.66 bits per heavy atom. The van der Waals surface area contributed by atoms with E-state index in [2.05, 4.69) is 31.8 Å². The highest BCUT2D eigenvalue weighted by Gasteiger charge is 2.15. The van der Waals surface area contributed by atoms with Crippen molar-refractivity contribution in [1.82, 2.24) is 5.43 Å². The molecule has 0 saturated heterocycles. The van der Waals surface area contributed by atoms with Gasteiger partial charge in [-0.2, -0.15) is 5.10 Å². The van der Waals surface area contributed by atoms with Crippen molar-refractivity contribution in [3.05, 3.63) is 92.4 Å². The molecule has 0 aliphatic rings. The monoisotopic (exact) mass is 533 g/mol. The molecular formula is C22H14BrCl2N3O4. The molecular weight excluding hydrogens is 521 g/mol. The molecule has 3 rings (SSSR count). The van der Waals surface area contributed by atoms with Crippen LogP contribution >= 0.6 is 39.1 Å². The average Bonchev–Trinajstić information content (AvgIpc) is 2.77. The third-order valence-corrected chi connectivity index (χ3v) is 5.20. The lowest BCUT2D eigenvalue weighted by atomic mass is 10.2. The van der Waals surface area contributed by atoms with Gasteiger partial charge in [-0.05, 0) is 76.1 Å². The van der Waals surface area contributed by atoms with Crippen LogP contribution in [0.5, 0.6) is 5.75 Å². The van der Waals surface area contributed by atoms with Crippen molar-refractivity contribution >= 4 is 68.8 Å². The van der Waals surface area contributed by atoms with Crippen LogP contribution in [0.4, 0.5) is 5.69 Å². The molecule has 0 saturated carbocycles. The number of nitrogens with one attached hydrogen (secondary N) is 2. The smallest absolute Gasteiger partial charge is 0.344 e. The summed E-state index contributed by atoms with van der Waals surface area (Å²) in [7, 11) is 0. The maximum absolute atomic E-state index is 12.2. The minimum atomic E-state index is -0.990. The summed E-state index contributed by atoms with van der Waals surface area (Å²) in [5.74, 6) is -2.11. The van der Waals surface area contributed by atoms with E-state index in [0.29, 0.717) is 26.4 Å². The largest absolute Gasteiger partial charge is 0.423 e. The van der Waals surface area contributed by atoms with Crippen molar-refractivity contribution in [3.8, 4) is 5.75 Å². The third-order valence-electron chi connectivity index (χ3n) is 3.95. The SMILES string of the molecule is O=C(N/N=C/c1ccc(OC(=O)c2ccccc2Br)cc1)C(=O)Nc1cc(Cl)ccc1Cl. The summed E-state index contributed by atoms with van der Waals surface area (Å²) < 4.78 is 5.96. The van der Waals surface area contributed by atoms with Crippen molar-refractivity contribution < 1.29 is 19.1 Å². The van der Waals surface area contributed by atoms with Crippen molar-refractivity contribution in [2.24, 2.45) is 5.10 Å². The van der Waals surface area contributed by atoms with Crippen LogP contribution in [0.2, 0.25) is 10.0 Å². The van der Waals surface area contributed by atoms with E-state index in [9.17, 15) is 14.4 Å². The first-order valence-corrected chi connectivity index (χ1v) is 10.5. The second kappa shape index (κ2) is 10.9. The molecule has 0 aromatic heterocycles. The Morgan fingerprint density at radius 1 is 0.938 bits per heavy atom. The number of hydrogen-bond donors (Lipinski definition) is 2. The lowest BCUT2D eigenvalue weighted by Crippen LogP contribution is -2.32. The van der Waals surface area contributed by atoms with Gasteiger partial charge in [0.25, 0.3) is 0 Å². The molecule has 3 aromatic carbocycles. The van der Waals surface area contributed by atoms with Crippen molar-refractivity contribution in [1.29, 1.82) is 0 Å². The molecule has 0 heterocycles. The quantitative estimate of drug-likeness (QED) is 0.157. The van der Waals surface area contributed by atoms with E-state index in [-0.39, 0.29) is 10.7 Å². The lowest BCUT2D eigenvalue weighted by Gasteiger charge is -2.06. The zero-order chi connectivity index (χ0) is 23.1. The zero-order valence-electron chi connectivity index (χ0n) is 16.1. The van der Waals surface area contributed by atoms with Crippen LogP contribution in [0.1, 0.15) is 15.9 Å². The number of hydrogen-bond acceptors (Lipinski definition) is 5. The summed E-state index contributed by atoms with van der Waals surface area (Å²) in [6.07, 6.45) is 1.33. The highest BCUT2D eigenvalue weighted by atomic mass is 79.9. The second-order valence-corrected chi connectivity index (χ2v) is 7.91. The van der Waals surface area contributed by atoms with Gasteiger partial charge in [-0.3, -0.25) is 9.59 Å². The normalized spacial score (nSPS) is 10.6. The summed E-state index contributed by atoms with van der Waals surface area (Å²) in [6.45, 7) is 0. The van der Waals surface area contributed by atoms with Gasteiger partial charge in [0.2, 0.25) is 0 Å². The number of amides is 2. The van der Waals surface area contributed by atoms with Gasteiger partial charge in [-0.15, -0.1) is 0 Å².